The molecule has 2 unspecified atom stereocenters. The number of nitrogens with zero attached hydrogens (tertiary/aromatic N) is 1. The van der Waals surface area contributed by atoms with Crippen molar-refractivity contribution in [2.45, 2.75) is 51.7 Å². The molecule has 1 aliphatic heterocycles. The number of likely N-dealkylation sites (tertiary alicyclic amines) is 1. The molecule has 1 aromatic carbocycles. The molecular formula is C20H26F3NO2. The van der Waals surface area contributed by atoms with Crippen molar-refractivity contribution in [3.63, 3.8) is 0 Å². The largest absolute Gasteiger partial charge is 0.445 e. The topological polar surface area (TPSA) is 29.5 Å². The molecule has 1 amide bonds. The van der Waals surface area contributed by atoms with E-state index in [-0.39, 0.29) is 18.7 Å². The fraction of sp³-hybridized carbons (Fsp3) is 0.550. The maximum atomic E-state index is 12.5. The zero-order chi connectivity index (χ0) is 19.2. The van der Waals surface area contributed by atoms with Crippen molar-refractivity contribution in [3.05, 3.63) is 41.5 Å². The van der Waals surface area contributed by atoms with Crippen LogP contribution in [0.5, 0.6) is 0 Å². The second kappa shape index (κ2) is 9.10. The molecule has 26 heavy (non-hydrogen) atoms. The Balaban J connectivity index is 1.86. The van der Waals surface area contributed by atoms with Gasteiger partial charge in [0.1, 0.15) is 6.61 Å². The molecule has 0 aromatic heterocycles. The van der Waals surface area contributed by atoms with Gasteiger partial charge in [0.15, 0.2) is 0 Å². The van der Waals surface area contributed by atoms with Crippen molar-refractivity contribution < 1.29 is 22.7 Å². The molecule has 0 saturated carbocycles. The van der Waals surface area contributed by atoms with Crippen LogP contribution in [0, 0.1) is 5.92 Å². The molecule has 1 aliphatic rings. The predicted octanol–water partition coefficient (Wildman–Crippen LogP) is 5.76. The van der Waals surface area contributed by atoms with E-state index in [1.165, 1.54) is 12.1 Å². The minimum atomic E-state index is -4.33. The minimum Gasteiger partial charge on any atom is -0.445 e. The number of amides is 1. The van der Waals surface area contributed by atoms with Crippen LogP contribution in [0.1, 0.15) is 50.7 Å². The molecule has 3 nitrogen and oxygen atoms in total. The zero-order valence-corrected chi connectivity index (χ0v) is 15.3. The lowest BCUT2D eigenvalue weighted by Crippen LogP contribution is -2.47. The van der Waals surface area contributed by atoms with Crippen molar-refractivity contribution in [2.75, 3.05) is 13.2 Å². The summed E-state index contributed by atoms with van der Waals surface area (Å²) in [6.45, 7) is 5.09. The molecule has 2 rings (SSSR count). The lowest BCUT2D eigenvalue weighted by Gasteiger charge is -2.38. The Hall–Kier alpha value is -1.98. The Morgan fingerprint density at radius 2 is 2.00 bits per heavy atom. The molecule has 0 aliphatic carbocycles. The molecule has 1 heterocycles. The normalized spacial score (nSPS) is 19.6. The quantitative estimate of drug-likeness (QED) is 0.661. The van der Waals surface area contributed by atoms with Gasteiger partial charge in [-0.25, -0.2) is 4.79 Å². The van der Waals surface area contributed by atoms with Crippen LogP contribution in [-0.4, -0.2) is 30.2 Å². The highest BCUT2D eigenvalue weighted by Crippen LogP contribution is 2.29. The number of halogens is 3. The summed E-state index contributed by atoms with van der Waals surface area (Å²) in [5.74, 6) is 0.436. The first-order chi connectivity index (χ1) is 12.3. The van der Waals surface area contributed by atoms with Gasteiger partial charge in [0, 0.05) is 12.6 Å². The average molecular weight is 369 g/mol. The molecule has 0 N–H and O–H groups in total. The first kappa shape index (κ1) is 20.3. The Kier molecular flexibility index (Phi) is 7.12. The number of alkyl halides is 3. The Labute approximate surface area is 152 Å². The molecule has 1 fully saturated rings. The summed E-state index contributed by atoms with van der Waals surface area (Å²) < 4.78 is 42.9. The molecule has 144 valence electrons. The standard InChI is InChI=1S/C20H26F3NO2/c1-3-15(2)18-8-4-5-13-24(18)19(25)26-14-6-7-16-9-11-17(12-10-16)20(21,22)23/h6-7,9-12,15,18H,3-5,8,13-14H2,1-2H3. The maximum absolute atomic E-state index is 12.5. The Bertz CT molecular complexity index is 610. The van der Waals surface area contributed by atoms with Gasteiger partial charge in [0.25, 0.3) is 0 Å². The van der Waals surface area contributed by atoms with Crippen LogP contribution in [0.2, 0.25) is 0 Å². The number of hydrogen-bond acceptors (Lipinski definition) is 2. The third-order valence-corrected chi connectivity index (χ3v) is 4.94. The van der Waals surface area contributed by atoms with Crippen LogP contribution in [-0.2, 0) is 10.9 Å². The predicted molar refractivity (Wildman–Crippen MR) is 95.6 cm³/mol. The summed E-state index contributed by atoms with van der Waals surface area (Å²) in [4.78, 5) is 14.2. The van der Waals surface area contributed by atoms with Gasteiger partial charge in [-0.2, -0.15) is 13.2 Å². The highest BCUT2D eigenvalue weighted by Gasteiger charge is 2.31. The van der Waals surface area contributed by atoms with E-state index < -0.39 is 11.7 Å². The van der Waals surface area contributed by atoms with E-state index >= 15 is 0 Å². The molecule has 2 atom stereocenters. The molecule has 0 bridgehead atoms. The van der Waals surface area contributed by atoms with Crippen LogP contribution in [0.3, 0.4) is 0 Å². The van der Waals surface area contributed by atoms with Crippen molar-refractivity contribution >= 4 is 12.2 Å². The number of piperidine rings is 1. The van der Waals surface area contributed by atoms with E-state index in [0.29, 0.717) is 11.5 Å². The third-order valence-electron chi connectivity index (χ3n) is 4.94. The van der Waals surface area contributed by atoms with E-state index in [0.717, 1.165) is 44.4 Å². The third kappa shape index (κ3) is 5.51. The van der Waals surface area contributed by atoms with Crippen LogP contribution < -0.4 is 0 Å². The number of rotatable bonds is 5. The summed E-state index contributed by atoms with van der Waals surface area (Å²) in [5, 5.41) is 0. The van der Waals surface area contributed by atoms with Gasteiger partial charge in [-0.05, 0) is 49.0 Å². The second-order valence-electron chi connectivity index (χ2n) is 6.74. The van der Waals surface area contributed by atoms with Gasteiger partial charge in [-0.15, -0.1) is 0 Å². The van der Waals surface area contributed by atoms with Crippen molar-refractivity contribution in [3.8, 4) is 0 Å². The number of ether oxygens (including phenoxy) is 1. The van der Waals surface area contributed by atoms with E-state index in [2.05, 4.69) is 13.8 Å². The number of carbonyl (C=O) groups is 1. The molecular weight excluding hydrogens is 343 g/mol. The first-order valence-electron chi connectivity index (χ1n) is 9.10. The summed E-state index contributed by atoms with van der Waals surface area (Å²) in [6.07, 6.45) is 2.78. The second-order valence-corrected chi connectivity index (χ2v) is 6.74. The van der Waals surface area contributed by atoms with Crippen molar-refractivity contribution in [1.29, 1.82) is 0 Å². The van der Waals surface area contributed by atoms with E-state index in [4.69, 9.17) is 4.74 Å². The number of carbonyl (C=O) groups excluding carboxylic acids is 1. The molecule has 0 radical (unpaired) electrons. The van der Waals surface area contributed by atoms with Gasteiger partial charge in [0.2, 0.25) is 0 Å². The van der Waals surface area contributed by atoms with E-state index in [1.807, 2.05) is 4.90 Å². The first-order valence-corrected chi connectivity index (χ1v) is 9.10. The smallest absolute Gasteiger partial charge is 0.416 e. The summed E-state index contributed by atoms with van der Waals surface area (Å²) in [5.41, 5.74) is -0.0493. The highest BCUT2D eigenvalue weighted by atomic mass is 19.4. The van der Waals surface area contributed by atoms with Gasteiger partial charge in [-0.1, -0.05) is 38.5 Å². The summed E-state index contributed by atoms with van der Waals surface area (Å²) >= 11 is 0. The Morgan fingerprint density at radius 3 is 2.62 bits per heavy atom. The van der Waals surface area contributed by atoms with Crippen molar-refractivity contribution in [1.82, 2.24) is 4.90 Å². The van der Waals surface area contributed by atoms with Gasteiger partial charge in [0.05, 0.1) is 5.56 Å². The zero-order valence-electron chi connectivity index (χ0n) is 15.3. The SMILES string of the molecule is CCC(C)C1CCCCN1C(=O)OCC=Cc1ccc(C(F)(F)F)cc1. The summed E-state index contributed by atoms with van der Waals surface area (Å²) in [6, 6.07) is 5.09. The number of hydrogen-bond donors (Lipinski definition) is 0. The monoisotopic (exact) mass is 369 g/mol. The fourth-order valence-corrected chi connectivity index (χ4v) is 3.22. The van der Waals surface area contributed by atoms with Gasteiger partial charge in [-0.3, -0.25) is 0 Å². The van der Waals surface area contributed by atoms with Crippen LogP contribution in [0.25, 0.3) is 6.08 Å². The molecule has 6 heteroatoms. The summed E-state index contributed by atoms with van der Waals surface area (Å²) in [7, 11) is 0. The maximum Gasteiger partial charge on any atom is 0.416 e. The average Bonchev–Trinajstić information content (AvgIpc) is 2.64. The molecule has 1 aromatic rings. The van der Waals surface area contributed by atoms with Gasteiger partial charge >= 0.3 is 12.3 Å². The van der Waals surface area contributed by atoms with Crippen LogP contribution in [0.4, 0.5) is 18.0 Å². The molecule has 0 spiro atoms. The minimum absolute atomic E-state index is 0.101. The number of benzene rings is 1. The van der Waals surface area contributed by atoms with Crippen LogP contribution >= 0.6 is 0 Å². The Morgan fingerprint density at radius 1 is 1.31 bits per heavy atom. The van der Waals surface area contributed by atoms with Crippen molar-refractivity contribution in [2.24, 2.45) is 5.92 Å². The van der Waals surface area contributed by atoms with E-state index in [1.54, 1.807) is 12.2 Å². The fourth-order valence-electron chi connectivity index (χ4n) is 3.22. The van der Waals surface area contributed by atoms with Crippen LogP contribution in [0.15, 0.2) is 30.3 Å². The lowest BCUT2D eigenvalue weighted by atomic mass is 9.90. The lowest BCUT2D eigenvalue weighted by molar-refractivity contribution is -0.137. The highest BCUT2D eigenvalue weighted by molar-refractivity contribution is 5.68. The molecule has 1 saturated heterocycles. The van der Waals surface area contributed by atoms with E-state index in [9.17, 15) is 18.0 Å². The van der Waals surface area contributed by atoms with Gasteiger partial charge < -0.3 is 9.64 Å².